The number of esters is 1. The number of aliphatic hydroxyl groups excluding tert-OH is 3. The van der Waals surface area contributed by atoms with E-state index in [1.165, 1.54) is 13.8 Å². The third-order valence-corrected chi connectivity index (χ3v) is 8.70. The van der Waals surface area contributed by atoms with Crippen LogP contribution >= 0.6 is 6.57 Å². The van der Waals surface area contributed by atoms with E-state index >= 15 is 0 Å². The number of nitrogens with zero attached hydrogens (tertiary/aromatic N) is 2. The van der Waals surface area contributed by atoms with Crippen LogP contribution in [0.4, 0.5) is 19.0 Å². The molecule has 2 rings (SSSR count). The number of carbonyl (C=O) groups excluding carboxylic acids is 1. The number of hydrogen-bond acceptors (Lipinski definition) is 12. The molecule has 1 fully saturated rings. The molecule has 0 bridgehead atoms. The van der Waals surface area contributed by atoms with Gasteiger partial charge < -0.3 is 39.8 Å². The van der Waals surface area contributed by atoms with Crippen molar-refractivity contribution >= 4 is 30.2 Å². The molecule has 0 amide bonds. The van der Waals surface area contributed by atoms with Crippen molar-refractivity contribution in [2.75, 3.05) is 12.3 Å². The molecule has 1 aromatic rings. The van der Waals surface area contributed by atoms with E-state index in [2.05, 4.69) is 15.2 Å². The molecule has 1 aliphatic rings. The smallest absolute Gasteiger partial charge is 0.351 e. The molecule has 1 saturated heterocycles. The number of alkyl halides is 2. The van der Waals surface area contributed by atoms with E-state index < -0.39 is 97.5 Å². The van der Waals surface area contributed by atoms with Gasteiger partial charge in [0.1, 0.15) is 18.2 Å². The monoisotopic (exact) mass is 635 g/mol. The van der Waals surface area contributed by atoms with E-state index in [0.717, 1.165) is 0 Å². The minimum absolute atomic E-state index is 0.363. The Balaban J connectivity index is 2.41. The Kier molecular flexibility index (Phi) is 12.2. The number of halogens is 3. The normalized spacial score (nSPS) is 26.8. The van der Waals surface area contributed by atoms with Crippen LogP contribution in [-0.4, -0.2) is 92.3 Å². The summed E-state index contributed by atoms with van der Waals surface area (Å²) in [5.41, 5.74) is 1.01. The molecule has 0 saturated carbocycles. The molecular weight excluding hydrogens is 598 g/mol. The van der Waals surface area contributed by atoms with E-state index in [0.29, 0.717) is 10.8 Å². The van der Waals surface area contributed by atoms with Gasteiger partial charge in [0.2, 0.25) is 0 Å². The summed E-state index contributed by atoms with van der Waals surface area (Å²) >= 11 is 5.55. The van der Waals surface area contributed by atoms with Crippen molar-refractivity contribution in [1.29, 1.82) is 0 Å². The summed E-state index contributed by atoms with van der Waals surface area (Å²) < 4.78 is 64.8. The molecule has 0 radical (unpaired) electrons. The number of rotatable bonds is 14. The molecule has 14 nitrogen and oxygen atoms in total. The summed E-state index contributed by atoms with van der Waals surface area (Å²) in [5, 5.41) is 37.0. The summed E-state index contributed by atoms with van der Waals surface area (Å²) in [7, 11) is 0. The fraction of sp³-hybridized carbons (Fsp3) is 0.773. The summed E-state index contributed by atoms with van der Waals surface area (Å²) in [6.45, 7) is 4.37. The number of ether oxygens (including phenoxy) is 3. The van der Waals surface area contributed by atoms with Crippen LogP contribution in [-0.2, 0) is 35.3 Å². The van der Waals surface area contributed by atoms with Gasteiger partial charge >= 0.3 is 11.7 Å². The van der Waals surface area contributed by atoms with E-state index in [-0.39, 0.29) is 0 Å². The van der Waals surface area contributed by atoms with Gasteiger partial charge in [0.15, 0.2) is 36.3 Å². The molecule has 8 atom stereocenters. The fourth-order valence-electron chi connectivity index (χ4n) is 3.71. The van der Waals surface area contributed by atoms with E-state index in [9.17, 15) is 38.1 Å². The van der Waals surface area contributed by atoms with Gasteiger partial charge in [-0.3, -0.25) is 9.36 Å². The Morgan fingerprint density at radius 1 is 1.24 bits per heavy atom. The van der Waals surface area contributed by atoms with Crippen LogP contribution in [0.5, 0.6) is 0 Å². The molecule has 2 unspecified atom stereocenters. The first-order chi connectivity index (χ1) is 18.8. The maximum atomic E-state index is 14.5. The van der Waals surface area contributed by atoms with Crippen LogP contribution in [0, 0.1) is 5.82 Å². The number of aliphatic hydroxyl groups is 3. The van der Waals surface area contributed by atoms with Crippen molar-refractivity contribution in [1.82, 2.24) is 19.7 Å². The fourth-order valence-corrected chi connectivity index (χ4v) is 6.73. The Bertz CT molecular complexity index is 1170. The second kappa shape index (κ2) is 14.2. The summed E-state index contributed by atoms with van der Waals surface area (Å²) in [6.07, 6.45) is -12.0. The van der Waals surface area contributed by atoms with Crippen molar-refractivity contribution in [3.05, 3.63) is 22.5 Å². The Labute approximate surface area is 239 Å². The van der Waals surface area contributed by atoms with Gasteiger partial charge in [-0.1, -0.05) is 0 Å². The van der Waals surface area contributed by atoms with Gasteiger partial charge in [-0.15, -0.1) is 0 Å². The molecule has 236 valence electrons. The van der Waals surface area contributed by atoms with Crippen LogP contribution in [0.3, 0.4) is 0 Å². The van der Waals surface area contributed by atoms with Crippen molar-refractivity contribution < 1.29 is 52.0 Å². The number of nitrogens with one attached hydrogen (secondary N) is 2. The minimum Gasteiger partial charge on any atom is -0.462 e. The van der Waals surface area contributed by atoms with Crippen LogP contribution in [0.2, 0.25) is 0 Å². The summed E-state index contributed by atoms with van der Waals surface area (Å²) in [6, 6.07) is -2.11. The average molecular weight is 636 g/mol. The Morgan fingerprint density at radius 2 is 1.85 bits per heavy atom. The lowest BCUT2D eigenvalue weighted by molar-refractivity contribution is -0.192. The minimum atomic E-state index is -3.79. The third-order valence-electron chi connectivity index (χ3n) is 5.79. The van der Waals surface area contributed by atoms with E-state index in [4.69, 9.17) is 36.3 Å². The largest absolute Gasteiger partial charge is 0.462 e. The van der Waals surface area contributed by atoms with Crippen molar-refractivity contribution in [3.8, 4) is 0 Å². The lowest BCUT2D eigenvalue weighted by atomic mass is 9.96. The zero-order valence-corrected chi connectivity index (χ0v) is 24.9. The predicted octanol–water partition coefficient (Wildman–Crippen LogP) is 0.111. The highest BCUT2D eigenvalue weighted by Crippen LogP contribution is 2.46. The number of anilines is 1. The average Bonchev–Trinajstić information content (AvgIpc) is 3.10. The van der Waals surface area contributed by atoms with Crippen LogP contribution in [0.15, 0.2) is 11.0 Å². The van der Waals surface area contributed by atoms with Gasteiger partial charge in [0.25, 0.3) is 6.43 Å². The van der Waals surface area contributed by atoms with E-state index in [1.807, 2.05) is 0 Å². The molecule has 0 aromatic carbocycles. The molecule has 19 heteroatoms. The second-order valence-electron chi connectivity index (χ2n) is 10.0. The number of hydrogen-bond donors (Lipinski definition) is 6. The molecular formula is C22H37F3N5O9PS. The molecule has 7 N–H and O–H groups in total. The maximum Gasteiger partial charge on any atom is 0.351 e. The van der Waals surface area contributed by atoms with Crippen molar-refractivity contribution in [2.45, 2.75) is 103 Å². The molecule has 2 heterocycles. The first-order valence-corrected chi connectivity index (χ1v) is 15.3. The Morgan fingerprint density at radius 3 is 2.39 bits per heavy atom. The lowest BCUT2D eigenvalue weighted by Crippen LogP contribution is -2.53. The number of nitrogen functional groups attached to an aromatic ring is 1. The number of nitrogens with two attached hydrogens (primary N) is 1. The molecule has 0 spiro atoms. The lowest BCUT2D eigenvalue weighted by Gasteiger charge is -2.36. The standard InChI is InChI=1S/C22H37F3N5O9PS/c1-9(2)37-18(33)11(5)28-40(41,29-12(6)19(34)38-10(3)4)36-8-22(20(24)25)15(32)14(31)17(39-22)30-7-13(23)16(26)27-21(30)35/h7,9-12,14-15,17-18,20,31-33H,8H2,1-6H3,(H2,26,27,35)(H2,28,29,41)/t11-,12-,14-,15-,17+,18?,22+,40?/m0/s1. The van der Waals surface area contributed by atoms with Crippen LogP contribution in [0.1, 0.15) is 47.8 Å². The highest BCUT2D eigenvalue weighted by molar-refractivity contribution is 8.10. The first-order valence-electron chi connectivity index (χ1n) is 12.5. The van der Waals surface area contributed by atoms with Crippen LogP contribution in [0.25, 0.3) is 0 Å². The van der Waals surface area contributed by atoms with Crippen LogP contribution < -0.4 is 21.6 Å². The summed E-state index contributed by atoms with van der Waals surface area (Å²) in [4.78, 5) is 27.9. The Hall–Kier alpha value is -1.73. The molecule has 1 aliphatic heterocycles. The van der Waals surface area contributed by atoms with E-state index in [1.54, 1.807) is 27.7 Å². The highest BCUT2D eigenvalue weighted by atomic mass is 32.4. The summed E-state index contributed by atoms with van der Waals surface area (Å²) in [5.74, 6) is -2.73. The zero-order chi connectivity index (χ0) is 31.4. The number of carbonyl (C=O) groups is 1. The first kappa shape index (κ1) is 35.5. The zero-order valence-electron chi connectivity index (χ0n) is 23.2. The molecule has 1 aromatic heterocycles. The van der Waals surface area contributed by atoms with Crippen molar-refractivity contribution in [2.24, 2.45) is 0 Å². The SMILES string of the molecule is CC(C)OC(=O)[C@H](C)NP(=S)(N[C@@H](C)C(O)OC(C)C)OC[C@@]1(C(F)F)O[C@@H](n2cc(F)c(N)nc2=O)[C@@H](O)[C@@H]1O. The van der Waals surface area contributed by atoms with Crippen molar-refractivity contribution in [3.63, 3.8) is 0 Å². The van der Waals surface area contributed by atoms with Gasteiger partial charge in [-0.25, -0.2) is 28.1 Å². The third kappa shape index (κ3) is 8.65. The maximum absolute atomic E-state index is 14.5. The van der Waals surface area contributed by atoms with Gasteiger partial charge in [-0.05, 0) is 53.3 Å². The number of aromatic nitrogens is 2. The highest BCUT2D eigenvalue weighted by Gasteiger charge is 2.61. The quantitative estimate of drug-likeness (QED) is 0.0914. The van der Waals surface area contributed by atoms with Gasteiger partial charge in [0, 0.05) is 0 Å². The topological polar surface area (TPSA) is 200 Å². The van der Waals surface area contributed by atoms with Gasteiger partial charge in [-0.2, -0.15) is 4.98 Å². The predicted molar refractivity (Wildman–Crippen MR) is 143 cm³/mol. The van der Waals surface area contributed by atoms with Gasteiger partial charge in [0.05, 0.1) is 31.1 Å². The molecule has 41 heavy (non-hydrogen) atoms. The second-order valence-corrected chi connectivity index (χ2v) is 13.4. The molecule has 0 aliphatic carbocycles.